The third-order valence-electron chi connectivity index (χ3n) is 4.59. The maximum Gasteiger partial charge on any atom is 0.306 e. The minimum absolute atomic E-state index is 0.246. The van der Waals surface area contributed by atoms with Gasteiger partial charge in [-0.3, -0.25) is 4.79 Å². The zero-order valence-corrected chi connectivity index (χ0v) is 15.5. The number of halogens is 1. The molecule has 138 valence electrons. The van der Waals surface area contributed by atoms with E-state index in [0.29, 0.717) is 38.4 Å². The van der Waals surface area contributed by atoms with Crippen molar-refractivity contribution < 1.29 is 9.90 Å². The molecular weight excluding hydrogens is 352 g/mol. The van der Waals surface area contributed by atoms with Crippen molar-refractivity contribution in [2.24, 2.45) is 5.92 Å². The number of rotatable bonds is 6. The molecule has 0 radical (unpaired) electrons. The van der Waals surface area contributed by atoms with Gasteiger partial charge in [0.05, 0.1) is 5.92 Å². The summed E-state index contributed by atoms with van der Waals surface area (Å²) in [5, 5.41) is 13.1. The van der Waals surface area contributed by atoms with Crippen LogP contribution in [0.2, 0.25) is 5.02 Å². The highest BCUT2D eigenvalue weighted by molar-refractivity contribution is 6.30. The fourth-order valence-electron chi connectivity index (χ4n) is 3.16. The first-order chi connectivity index (χ1) is 12.5. The van der Waals surface area contributed by atoms with Gasteiger partial charge in [0, 0.05) is 36.4 Å². The molecular formula is C19H23ClN4O2. The minimum Gasteiger partial charge on any atom is -0.481 e. The van der Waals surface area contributed by atoms with E-state index in [4.69, 9.17) is 16.7 Å². The minimum atomic E-state index is -0.702. The first-order valence-electron chi connectivity index (χ1n) is 8.83. The number of hydrogen-bond acceptors (Lipinski definition) is 5. The van der Waals surface area contributed by atoms with Gasteiger partial charge in [0.25, 0.3) is 0 Å². The summed E-state index contributed by atoms with van der Waals surface area (Å²) in [4.78, 5) is 22.3. The molecule has 1 fully saturated rings. The summed E-state index contributed by atoms with van der Waals surface area (Å²) in [6.07, 6.45) is 2.13. The van der Waals surface area contributed by atoms with Crippen LogP contribution in [-0.2, 0) is 11.2 Å². The highest BCUT2D eigenvalue weighted by atomic mass is 35.5. The molecule has 2 aromatic rings. The molecule has 0 unspecified atom stereocenters. The molecule has 1 aromatic carbocycles. The molecule has 7 heteroatoms. The number of anilines is 2. The van der Waals surface area contributed by atoms with E-state index in [9.17, 15) is 4.79 Å². The second-order valence-corrected chi connectivity index (χ2v) is 7.03. The molecule has 0 aliphatic carbocycles. The number of nitrogens with zero attached hydrogens (tertiary/aromatic N) is 3. The first kappa shape index (κ1) is 18.5. The van der Waals surface area contributed by atoms with E-state index in [0.717, 1.165) is 28.5 Å². The maximum atomic E-state index is 11.1. The molecule has 0 saturated carbocycles. The summed E-state index contributed by atoms with van der Waals surface area (Å²) in [7, 11) is 0. The quantitative estimate of drug-likeness (QED) is 0.806. The Morgan fingerprint density at radius 1 is 1.31 bits per heavy atom. The van der Waals surface area contributed by atoms with Crippen molar-refractivity contribution in [1.82, 2.24) is 9.97 Å². The smallest absolute Gasteiger partial charge is 0.306 e. The maximum absolute atomic E-state index is 11.1. The molecule has 2 N–H and O–H groups in total. The summed E-state index contributed by atoms with van der Waals surface area (Å²) >= 11 is 6.01. The van der Waals surface area contributed by atoms with Crippen molar-refractivity contribution in [3.05, 3.63) is 46.6 Å². The molecule has 1 aliphatic heterocycles. The van der Waals surface area contributed by atoms with Crippen molar-refractivity contribution in [2.75, 3.05) is 29.9 Å². The number of aromatic nitrogens is 2. The molecule has 1 saturated heterocycles. The summed E-state index contributed by atoms with van der Waals surface area (Å²) in [5.74, 6) is 0.505. The number of hydrogen-bond donors (Lipinski definition) is 2. The van der Waals surface area contributed by atoms with Gasteiger partial charge < -0.3 is 15.3 Å². The van der Waals surface area contributed by atoms with Crippen LogP contribution >= 0.6 is 11.6 Å². The predicted octanol–water partition coefficient (Wildman–Crippen LogP) is 3.39. The lowest BCUT2D eigenvalue weighted by atomic mass is 9.97. The van der Waals surface area contributed by atoms with Gasteiger partial charge in [-0.25, -0.2) is 4.98 Å². The van der Waals surface area contributed by atoms with E-state index in [2.05, 4.69) is 20.2 Å². The summed E-state index contributed by atoms with van der Waals surface area (Å²) in [6, 6.07) is 9.76. The Hall–Kier alpha value is -2.34. The van der Waals surface area contributed by atoms with Crippen LogP contribution in [0.1, 0.15) is 24.1 Å². The van der Waals surface area contributed by atoms with Crippen molar-refractivity contribution in [3.63, 3.8) is 0 Å². The number of piperidine rings is 1. The van der Waals surface area contributed by atoms with Gasteiger partial charge in [0.1, 0.15) is 5.82 Å². The highest BCUT2D eigenvalue weighted by Crippen LogP contribution is 2.23. The van der Waals surface area contributed by atoms with Crippen LogP contribution in [0.3, 0.4) is 0 Å². The third-order valence-corrected chi connectivity index (χ3v) is 4.83. The summed E-state index contributed by atoms with van der Waals surface area (Å²) in [5.41, 5.74) is 2.05. The molecule has 0 bridgehead atoms. The largest absolute Gasteiger partial charge is 0.481 e. The average molecular weight is 375 g/mol. The van der Waals surface area contributed by atoms with Crippen LogP contribution in [0.4, 0.5) is 11.8 Å². The van der Waals surface area contributed by atoms with Gasteiger partial charge in [-0.1, -0.05) is 23.7 Å². The molecule has 2 heterocycles. The lowest BCUT2D eigenvalue weighted by Gasteiger charge is -2.31. The number of carboxylic acid groups (broad SMARTS) is 1. The second kappa shape index (κ2) is 8.36. The van der Waals surface area contributed by atoms with Gasteiger partial charge in [0.15, 0.2) is 0 Å². The van der Waals surface area contributed by atoms with Gasteiger partial charge in [-0.05, 0) is 43.9 Å². The van der Waals surface area contributed by atoms with Crippen LogP contribution in [0.5, 0.6) is 0 Å². The van der Waals surface area contributed by atoms with Crippen molar-refractivity contribution in [2.45, 2.75) is 26.2 Å². The molecule has 3 rings (SSSR count). The molecule has 1 aromatic heterocycles. The molecule has 0 amide bonds. The number of aryl methyl sites for hydroxylation is 1. The Bertz CT molecular complexity index is 776. The van der Waals surface area contributed by atoms with Crippen LogP contribution in [-0.4, -0.2) is 40.7 Å². The second-order valence-electron chi connectivity index (χ2n) is 6.60. The SMILES string of the molecule is Cc1cc(N2CCC(C(=O)O)CC2)nc(NCCc2cccc(Cl)c2)n1. The predicted molar refractivity (Wildman–Crippen MR) is 103 cm³/mol. The van der Waals surface area contributed by atoms with Crippen LogP contribution < -0.4 is 10.2 Å². The normalized spacial score (nSPS) is 15.1. The zero-order valence-electron chi connectivity index (χ0n) is 14.8. The fourth-order valence-corrected chi connectivity index (χ4v) is 3.37. The van der Waals surface area contributed by atoms with E-state index >= 15 is 0 Å². The van der Waals surface area contributed by atoms with Gasteiger partial charge in [0.2, 0.25) is 5.95 Å². The summed E-state index contributed by atoms with van der Waals surface area (Å²) in [6.45, 7) is 4.06. The van der Waals surface area contributed by atoms with E-state index in [1.807, 2.05) is 37.3 Å². The topological polar surface area (TPSA) is 78.4 Å². The van der Waals surface area contributed by atoms with Gasteiger partial charge in [-0.15, -0.1) is 0 Å². The molecule has 0 spiro atoms. The van der Waals surface area contributed by atoms with Crippen LogP contribution in [0, 0.1) is 12.8 Å². The van der Waals surface area contributed by atoms with Crippen molar-refractivity contribution >= 4 is 29.3 Å². The van der Waals surface area contributed by atoms with Crippen LogP contribution in [0.15, 0.2) is 30.3 Å². The molecule has 6 nitrogen and oxygen atoms in total. The lowest BCUT2D eigenvalue weighted by molar-refractivity contribution is -0.142. The zero-order chi connectivity index (χ0) is 18.5. The van der Waals surface area contributed by atoms with Crippen molar-refractivity contribution in [3.8, 4) is 0 Å². The molecule has 26 heavy (non-hydrogen) atoms. The average Bonchev–Trinajstić information content (AvgIpc) is 2.61. The molecule has 0 atom stereocenters. The molecule has 1 aliphatic rings. The standard InChI is InChI=1S/C19H23ClN4O2/c1-13-11-17(24-9-6-15(7-10-24)18(25)26)23-19(22-13)21-8-5-14-3-2-4-16(20)12-14/h2-4,11-12,15H,5-10H2,1H3,(H,25,26)(H,21,22,23). The fraction of sp³-hybridized carbons (Fsp3) is 0.421. The van der Waals surface area contributed by atoms with E-state index in [-0.39, 0.29) is 5.92 Å². The number of carboxylic acids is 1. The van der Waals surface area contributed by atoms with Gasteiger partial charge in [-0.2, -0.15) is 4.98 Å². The van der Waals surface area contributed by atoms with Gasteiger partial charge >= 0.3 is 5.97 Å². The Morgan fingerprint density at radius 3 is 2.77 bits per heavy atom. The summed E-state index contributed by atoms with van der Waals surface area (Å²) < 4.78 is 0. The number of nitrogens with one attached hydrogen (secondary N) is 1. The van der Waals surface area contributed by atoms with E-state index in [1.54, 1.807) is 0 Å². The lowest BCUT2D eigenvalue weighted by Crippen LogP contribution is -2.37. The Labute approximate surface area is 158 Å². The Balaban J connectivity index is 1.60. The number of carbonyl (C=O) groups is 1. The Morgan fingerprint density at radius 2 is 2.08 bits per heavy atom. The van der Waals surface area contributed by atoms with E-state index < -0.39 is 5.97 Å². The first-order valence-corrected chi connectivity index (χ1v) is 9.21. The number of benzene rings is 1. The number of aliphatic carboxylic acids is 1. The monoisotopic (exact) mass is 374 g/mol. The van der Waals surface area contributed by atoms with Crippen molar-refractivity contribution in [1.29, 1.82) is 0 Å². The van der Waals surface area contributed by atoms with E-state index in [1.165, 1.54) is 0 Å². The third kappa shape index (κ3) is 4.85. The highest BCUT2D eigenvalue weighted by Gasteiger charge is 2.25. The van der Waals surface area contributed by atoms with Crippen LogP contribution in [0.25, 0.3) is 0 Å². The Kier molecular flexibility index (Phi) is 5.93.